The molecule has 0 radical (unpaired) electrons. The summed E-state index contributed by atoms with van der Waals surface area (Å²) in [7, 11) is 1.30. The lowest BCUT2D eigenvalue weighted by Crippen LogP contribution is -2.25. The van der Waals surface area contributed by atoms with Crippen LogP contribution in [0.4, 0.5) is 0 Å². The number of methoxy groups -OCH3 is 1. The van der Waals surface area contributed by atoms with Gasteiger partial charge in [-0.25, -0.2) is 4.79 Å². The van der Waals surface area contributed by atoms with Gasteiger partial charge in [-0.15, -0.1) is 0 Å². The van der Waals surface area contributed by atoms with Crippen LogP contribution in [0.5, 0.6) is 0 Å². The Hall–Kier alpha value is -1.75. The van der Waals surface area contributed by atoms with Crippen molar-refractivity contribution in [2.45, 2.75) is 58.2 Å². The molecule has 0 heterocycles. The number of allylic oxidation sites excluding steroid dienone is 2. The van der Waals surface area contributed by atoms with Gasteiger partial charge in [-0.1, -0.05) is 6.08 Å². The van der Waals surface area contributed by atoms with Crippen LogP contribution in [0, 0.1) is 0 Å². The maximum Gasteiger partial charge on any atom is 0.330 e. The van der Waals surface area contributed by atoms with E-state index >= 15 is 0 Å². The van der Waals surface area contributed by atoms with Crippen LogP contribution >= 0.6 is 0 Å². The van der Waals surface area contributed by atoms with E-state index in [0.29, 0.717) is 24.8 Å². The molecule has 5 heteroatoms. The Labute approximate surface area is 131 Å². The Morgan fingerprint density at radius 2 is 2.05 bits per heavy atom. The lowest BCUT2D eigenvalue weighted by molar-refractivity contribution is -0.134. The van der Waals surface area contributed by atoms with Crippen LogP contribution in [-0.2, 0) is 23.9 Å². The highest BCUT2D eigenvalue weighted by molar-refractivity contribution is 6.02. The first-order valence-corrected chi connectivity index (χ1v) is 7.39. The molecule has 0 aromatic heterocycles. The molecule has 0 saturated heterocycles. The summed E-state index contributed by atoms with van der Waals surface area (Å²) in [5, 5.41) is 0. The zero-order chi connectivity index (χ0) is 16.8. The summed E-state index contributed by atoms with van der Waals surface area (Å²) in [5.41, 5.74) is 0.218. The summed E-state index contributed by atoms with van der Waals surface area (Å²) in [6, 6.07) is 0. The molecule has 1 unspecified atom stereocenters. The van der Waals surface area contributed by atoms with Crippen LogP contribution in [0.1, 0.15) is 46.5 Å². The van der Waals surface area contributed by atoms with Crippen LogP contribution in [0.2, 0.25) is 0 Å². The van der Waals surface area contributed by atoms with Crippen molar-refractivity contribution < 1.29 is 23.9 Å². The van der Waals surface area contributed by atoms with Gasteiger partial charge in [-0.3, -0.25) is 9.59 Å². The van der Waals surface area contributed by atoms with Gasteiger partial charge < -0.3 is 9.47 Å². The van der Waals surface area contributed by atoms with E-state index in [0.717, 1.165) is 0 Å². The van der Waals surface area contributed by atoms with Gasteiger partial charge >= 0.3 is 5.97 Å². The monoisotopic (exact) mass is 308 g/mol. The fraction of sp³-hybridized carbons (Fsp3) is 0.588. The summed E-state index contributed by atoms with van der Waals surface area (Å²) >= 11 is 0. The number of hydrogen-bond donors (Lipinski definition) is 0. The molecule has 0 aliphatic heterocycles. The van der Waals surface area contributed by atoms with Crippen molar-refractivity contribution in [2.75, 3.05) is 7.11 Å². The molecule has 0 fully saturated rings. The van der Waals surface area contributed by atoms with Crippen LogP contribution in [0.15, 0.2) is 23.8 Å². The Kier molecular flexibility index (Phi) is 6.68. The van der Waals surface area contributed by atoms with Crippen molar-refractivity contribution in [2.24, 2.45) is 0 Å². The van der Waals surface area contributed by atoms with E-state index in [-0.39, 0.29) is 29.7 Å². The molecule has 122 valence electrons. The molecule has 0 saturated carbocycles. The molecule has 0 amide bonds. The van der Waals surface area contributed by atoms with E-state index in [2.05, 4.69) is 4.74 Å². The number of esters is 1. The lowest BCUT2D eigenvalue weighted by atomic mass is 10.0. The van der Waals surface area contributed by atoms with Gasteiger partial charge in [0, 0.05) is 30.9 Å². The summed E-state index contributed by atoms with van der Waals surface area (Å²) in [4.78, 5) is 34.6. The number of ketones is 2. The molecule has 0 N–H and O–H groups in total. The van der Waals surface area contributed by atoms with E-state index in [1.54, 1.807) is 12.2 Å². The number of rotatable bonds is 7. The predicted octanol–water partition coefficient (Wildman–Crippen LogP) is 2.54. The molecule has 0 aromatic rings. The minimum absolute atomic E-state index is 0.0206. The molecule has 1 rings (SSSR count). The minimum Gasteiger partial charge on any atom is -0.466 e. The predicted molar refractivity (Wildman–Crippen MR) is 82.3 cm³/mol. The normalized spacial score (nSPS) is 18.6. The van der Waals surface area contributed by atoms with E-state index in [4.69, 9.17) is 4.74 Å². The van der Waals surface area contributed by atoms with Gasteiger partial charge in [0.15, 0.2) is 5.78 Å². The van der Waals surface area contributed by atoms with Crippen molar-refractivity contribution in [1.82, 2.24) is 0 Å². The third-order valence-electron chi connectivity index (χ3n) is 3.07. The topological polar surface area (TPSA) is 69.7 Å². The summed E-state index contributed by atoms with van der Waals surface area (Å²) in [5.74, 6) is -0.485. The smallest absolute Gasteiger partial charge is 0.330 e. The SMILES string of the molecule is COC(=O)C=CCCC(=O)CC1=CC(OC(C)(C)C)CC1=O. The molecule has 1 atom stereocenters. The molecular formula is C17H24O5. The highest BCUT2D eigenvalue weighted by atomic mass is 16.5. The van der Waals surface area contributed by atoms with Crippen LogP contribution in [0.25, 0.3) is 0 Å². The quantitative estimate of drug-likeness (QED) is 0.534. The van der Waals surface area contributed by atoms with Crippen molar-refractivity contribution in [3.8, 4) is 0 Å². The second-order valence-electron chi connectivity index (χ2n) is 6.27. The van der Waals surface area contributed by atoms with Crippen molar-refractivity contribution in [1.29, 1.82) is 0 Å². The average Bonchev–Trinajstić information content (AvgIpc) is 2.72. The fourth-order valence-electron chi connectivity index (χ4n) is 2.17. The van der Waals surface area contributed by atoms with Gasteiger partial charge in [0.25, 0.3) is 0 Å². The summed E-state index contributed by atoms with van der Waals surface area (Å²) < 4.78 is 10.2. The van der Waals surface area contributed by atoms with Crippen LogP contribution in [0.3, 0.4) is 0 Å². The largest absolute Gasteiger partial charge is 0.466 e. The minimum atomic E-state index is -0.441. The Balaban J connectivity index is 2.43. The first kappa shape index (κ1) is 18.3. The Morgan fingerprint density at radius 3 is 2.64 bits per heavy atom. The second kappa shape index (κ2) is 8.03. The Morgan fingerprint density at radius 1 is 1.36 bits per heavy atom. The third-order valence-corrected chi connectivity index (χ3v) is 3.07. The molecule has 0 aromatic carbocycles. The third kappa shape index (κ3) is 6.80. The van der Waals surface area contributed by atoms with Gasteiger partial charge in [0.05, 0.1) is 18.8 Å². The van der Waals surface area contributed by atoms with E-state index in [9.17, 15) is 14.4 Å². The number of hydrogen-bond acceptors (Lipinski definition) is 5. The molecule has 0 bridgehead atoms. The van der Waals surface area contributed by atoms with E-state index in [1.807, 2.05) is 20.8 Å². The molecule has 1 aliphatic carbocycles. The van der Waals surface area contributed by atoms with E-state index in [1.165, 1.54) is 13.2 Å². The maximum atomic E-state index is 11.9. The van der Waals surface area contributed by atoms with E-state index < -0.39 is 5.97 Å². The second-order valence-corrected chi connectivity index (χ2v) is 6.27. The first-order chi connectivity index (χ1) is 10.2. The lowest BCUT2D eigenvalue weighted by Gasteiger charge is -2.23. The number of carbonyl (C=O) groups excluding carboxylic acids is 3. The van der Waals surface area contributed by atoms with Gasteiger partial charge in [0.1, 0.15) is 5.78 Å². The average molecular weight is 308 g/mol. The van der Waals surface area contributed by atoms with Crippen LogP contribution in [-0.4, -0.2) is 36.4 Å². The summed E-state index contributed by atoms with van der Waals surface area (Å²) in [6.07, 6.45) is 5.60. The van der Waals surface area contributed by atoms with Gasteiger partial charge in [0.2, 0.25) is 0 Å². The maximum absolute atomic E-state index is 11.9. The van der Waals surface area contributed by atoms with Gasteiger partial charge in [-0.05, 0) is 33.3 Å². The highest BCUT2D eigenvalue weighted by Crippen LogP contribution is 2.25. The van der Waals surface area contributed by atoms with Crippen molar-refractivity contribution in [3.63, 3.8) is 0 Å². The molecule has 5 nitrogen and oxygen atoms in total. The first-order valence-electron chi connectivity index (χ1n) is 7.39. The highest BCUT2D eigenvalue weighted by Gasteiger charge is 2.28. The molecule has 22 heavy (non-hydrogen) atoms. The Bertz CT molecular complexity index is 494. The number of carbonyl (C=O) groups is 3. The molecule has 0 spiro atoms. The van der Waals surface area contributed by atoms with Crippen molar-refractivity contribution >= 4 is 17.5 Å². The van der Waals surface area contributed by atoms with Crippen molar-refractivity contribution in [3.05, 3.63) is 23.8 Å². The number of Topliss-reactive ketones (excluding diaryl/α,β-unsaturated/α-hetero) is 2. The zero-order valence-electron chi connectivity index (χ0n) is 13.7. The molecule has 1 aliphatic rings. The molecular weight excluding hydrogens is 284 g/mol. The fourth-order valence-corrected chi connectivity index (χ4v) is 2.17. The number of ether oxygens (including phenoxy) is 2. The van der Waals surface area contributed by atoms with Gasteiger partial charge in [-0.2, -0.15) is 0 Å². The standard InChI is InChI=1S/C17H24O5/c1-17(2,3)22-14-10-12(15(19)11-14)9-13(18)7-5-6-8-16(20)21-4/h6,8,10,14H,5,7,9,11H2,1-4H3. The van der Waals surface area contributed by atoms with Crippen LogP contribution < -0.4 is 0 Å². The summed E-state index contributed by atoms with van der Waals surface area (Å²) in [6.45, 7) is 5.80. The zero-order valence-corrected chi connectivity index (χ0v) is 13.7.